The maximum atomic E-state index is 12.9. The van der Waals surface area contributed by atoms with Gasteiger partial charge < -0.3 is 10.2 Å². The molecule has 0 spiro atoms. The summed E-state index contributed by atoms with van der Waals surface area (Å²) in [6.07, 6.45) is 3.06. The smallest absolute Gasteiger partial charge is 0.251 e. The van der Waals surface area contributed by atoms with E-state index in [4.69, 9.17) is 0 Å². The lowest BCUT2D eigenvalue weighted by Gasteiger charge is -2.33. The minimum Gasteiger partial charge on any atom is -0.348 e. The Bertz CT molecular complexity index is 1220. The first-order chi connectivity index (χ1) is 15.8. The van der Waals surface area contributed by atoms with Crippen molar-refractivity contribution < 1.29 is 18.0 Å². The number of rotatable bonds is 6. The van der Waals surface area contributed by atoms with Gasteiger partial charge in [0, 0.05) is 45.2 Å². The monoisotopic (exact) mass is 468 g/mol. The Hall–Kier alpha value is -3.57. The number of hydrogen-bond acceptors (Lipinski definition) is 6. The Morgan fingerprint density at radius 1 is 0.970 bits per heavy atom. The van der Waals surface area contributed by atoms with Crippen molar-refractivity contribution in [2.75, 3.05) is 26.2 Å². The fraction of sp³-hybridized carbons (Fsp3) is 0.273. The van der Waals surface area contributed by atoms with E-state index in [-0.39, 0.29) is 29.8 Å². The highest BCUT2D eigenvalue weighted by molar-refractivity contribution is 7.89. The molecule has 0 saturated carbocycles. The molecule has 2 heterocycles. The van der Waals surface area contributed by atoms with E-state index in [1.54, 1.807) is 15.9 Å². The molecule has 0 unspecified atom stereocenters. The minimum absolute atomic E-state index is 0.0615. The predicted octanol–water partition coefficient (Wildman–Crippen LogP) is 1.05. The maximum absolute atomic E-state index is 12.9. The van der Waals surface area contributed by atoms with Gasteiger partial charge in [0.15, 0.2) is 0 Å². The number of nitrogens with one attached hydrogen (secondary N) is 1. The standard InChI is InChI=1S/C22H24N6O4S/c1-17(29)26-10-12-27(13-11-26)33(31,32)21-8-4-19(5-9-21)22(30)24-14-18-2-6-20(7-3-18)28-16-23-15-25-28/h2-9,15-16H,10-14H2,1H3,(H,24,30). The number of aromatic nitrogens is 3. The van der Waals surface area contributed by atoms with Gasteiger partial charge in [0.1, 0.15) is 12.7 Å². The number of amides is 2. The lowest BCUT2D eigenvalue weighted by molar-refractivity contribution is -0.129. The van der Waals surface area contributed by atoms with Gasteiger partial charge in [0.25, 0.3) is 5.91 Å². The lowest BCUT2D eigenvalue weighted by Crippen LogP contribution is -2.49. The minimum atomic E-state index is -3.68. The first-order valence-corrected chi connectivity index (χ1v) is 11.9. The lowest BCUT2D eigenvalue weighted by atomic mass is 10.2. The molecule has 0 aliphatic carbocycles. The molecule has 2 amide bonds. The van der Waals surface area contributed by atoms with Crippen molar-refractivity contribution in [3.05, 3.63) is 72.3 Å². The second kappa shape index (κ2) is 9.51. The van der Waals surface area contributed by atoms with Crippen molar-refractivity contribution in [3.8, 4) is 5.69 Å². The number of hydrogen-bond donors (Lipinski definition) is 1. The van der Waals surface area contributed by atoms with E-state index in [1.807, 2.05) is 24.3 Å². The number of carbonyl (C=O) groups excluding carboxylic acids is 2. The van der Waals surface area contributed by atoms with E-state index in [9.17, 15) is 18.0 Å². The van der Waals surface area contributed by atoms with Crippen LogP contribution in [0.2, 0.25) is 0 Å². The van der Waals surface area contributed by atoms with Gasteiger partial charge in [-0.25, -0.2) is 18.1 Å². The summed E-state index contributed by atoms with van der Waals surface area (Å²) in [4.78, 5) is 29.6. The van der Waals surface area contributed by atoms with Gasteiger partial charge in [0.05, 0.1) is 10.6 Å². The first-order valence-electron chi connectivity index (χ1n) is 10.4. The summed E-state index contributed by atoms with van der Waals surface area (Å²) in [5.74, 6) is -0.358. The summed E-state index contributed by atoms with van der Waals surface area (Å²) in [5.41, 5.74) is 2.15. The molecule has 1 aliphatic rings. The van der Waals surface area contributed by atoms with Gasteiger partial charge in [-0.1, -0.05) is 12.1 Å². The quantitative estimate of drug-likeness (QED) is 0.578. The largest absolute Gasteiger partial charge is 0.348 e. The summed E-state index contributed by atoms with van der Waals surface area (Å²) in [5, 5.41) is 6.90. The van der Waals surface area contributed by atoms with Crippen molar-refractivity contribution in [3.63, 3.8) is 0 Å². The molecular formula is C22H24N6O4S. The van der Waals surface area contributed by atoms with E-state index in [2.05, 4.69) is 15.4 Å². The Kier molecular flexibility index (Phi) is 6.52. The van der Waals surface area contributed by atoms with Crippen LogP contribution in [0.15, 0.2) is 66.1 Å². The fourth-order valence-corrected chi connectivity index (χ4v) is 4.99. The van der Waals surface area contributed by atoms with Gasteiger partial charge in [-0.15, -0.1) is 0 Å². The highest BCUT2D eigenvalue weighted by atomic mass is 32.2. The third kappa shape index (κ3) is 5.10. The summed E-state index contributed by atoms with van der Waals surface area (Å²) >= 11 is 0. The van der Waals surface area contributed by atoms with Crippen LogP contribution in [0.25, 0.3) is 5.69 Å². The van der Waals surface area contributed by atoms with Crippen molar-refractivity contribution in [1.82, 2.24) is 29.3 Å². The average molecular weight is 469 g/mol. The predicted molar refractivity (Wildman–Crippen MR) is 120 cm³/mol. The Morgan fingerprint density at radius 3 is 2.21 bits per heavy atom. The van der Waals surface area contributed by atoms with Crippen molar-refractivity contribution in [2.24, 2.45) is 0 Å². The fourth-order valence-electron chi connectivity index (χ4n) is 3.56. The molecule has 3 aromatic rings. The van der Waals surface area contributed by atoms with Gasteiger partial charge in [-0.05, 0) is 42.0 Å². The summed E-state index contributed by atoms with van der Waals surface area (Å²) in [6, 6.07) is 13.4. The van der Waals surface area contributed by atoms with Crippen molar-refractivity contribution in [1.29, 1.82) is 0 Å². The van der Waals surface area contributed by atoms with Crippen molar-refractivity contribution in [2.45, 2.75) is 18.4 Å². The highest BCUT2D eigenvalue weighted by Gasteiger charge is 2.29. The van der Waals surface area contributed by atoms with E-state index >= 15 is 0 Å². The second-order valence-corrected chi connectivity index (χ2v) is 9.56. The van der Waals surface area contributed by atoms with Crippen LogP contribution >= 0.6 is 0 Å². The molecule has 1 N–H and O–H groups in total. The van der Waals surface area contributed by atoms with Crippen LogP contribution in [0.3, 0.4) is 0 Å². The molecule has 2 aromatic carbocycles. The molecule has 0 atom stereocenters. The molecule has 1 aliphatic heterocycles. The van der Waals surface area contributed by atoms with Crippen LogP contribution in [-0.4, -0.2) is 70.4 Å². The third-order valence-corrected chi connectivity index (χ3v) is 7.42. The molecule has 4 rings (SSSR count). The molecule has 10 nitrogen and oxygen atoms in total. The molecule has 0 bridgehead atoms. The average Bonchev–Trinajstić information content (AvgIpc) is 3.38. The molecule has 33 heavy (non-hydrogen) atoms. The topological polar surface area (TPSA) is 118 Å². The molecule has 0 radical (unpaired) electrons. The summed E-state index contributed by atoms with van der Waals surface area (Å²) < 4.78 is 28.8. The van der Waals surface area contributed by atoms with Crippen LogP contribution in [0.1, 0.15) is 22.8 Å². The van der Waals surface area contributed by atoms with E-state index < -0.39 is 10.0 Å². The first kappa shape index (κ1) is 22.6. The maximum Gasteiger partial charge on any atom is 0.251 e. The van der Waals surface area contributed by atoms with Crippen LogP contribution in [-0.2, 0) is 21.4 Å². The van der Waals surface area contributed by atoms with Crippen LogP contribution < -0.4 is 5.32 Å². The van der Waals surface area contributed by atoms with E-state index in [0.717, 1.165) is 11.3 Å². The van der Waals surface area contributed by atoms with Crippen LogP contribution in [0, 0.1) is 0 Å². The molecule has 1 aromatic heterocycles. The SMILES string of the molecule is CC(=O)N1CCN(S(=O)(=O)c2ccc(C(=O)NCc3ccc(-n4cncn4)cc3)cc2)CC1. The highest BCUT2D eigenvalue weighted by Crippen LogP contribution is 2.18. The number of benzene rings is 2. The van der Waals surface area contributed by atoms with Gasteiger partial charge in [-0.3, -0.25) is 9.59 Å². The second-order valence-electron chi connectivity index (χ2n) is 7.62. The number of nitrogens with zero attached hydrogens (tertiary/aromatic N) is 5. The van der Waals surface area contributed by atoms with E-state index in [0.29, 0.717) is 25.2 Å². The summed E-state index contributed by atoms with van der Waals surface area (Å²) in [6.45, 7) is 3.04. The van der Waals surface area contributed by atoms with Crippen LogP contribution in [0.4, 0.5) is 0 Å². The third-order valence-electron chi connectivity index (χ3n) is 5.51. The Morgan fingerprint density at radius 2 is 1.64 bits per heavy atom. The molecular weight excluding hydrogens is 444 g/mol. The van der Waals surface area contributed by atoms with Crippen LogP contribution in [0.5, 0.6) is 0 Å². The number of sulfonamides is 1. The summed E-state index contributed by atoms with van der Waals surface area (Å²) in [7, 11) is -3.68. The zero-order valence-corrected chi connectivity index (χ0v) is 18.9. The van der Waals surface area contributed by atoms with E-state index in [1.165, 1.54) is 41.8 Å². The Balaban J connectivity index is 1.34. The van der Waals surface area contributed by atoms with Gasteiger partial charge in [-0.2, -0.15) is 9.40 Å². The van der Waals surface area contributed by atoms with Gasteiger partial charge >= 0.3 is 0 Å². The number of piperazine rings is 1. The van der Waals surface area contributed by atoms with Crippen molar-refractivity contribution >= 4 is 21.8 Å². The molecule has 11 heteroatoms. The van der Waals surface area contributed by atoms with Gasteiger partial charge in [0.2, 0.25) is 15.9 Å². The molecule has 1 saturated heterocycles. The Labute approximate surface area is 191 Å². The number of carbonyl (C=O) groups is 2. The zero-order chi connectivity index (χ0) is 23.4. The molecule has 172 valence electrons. The molecule has 1 fully saturated rings. The normalized spacial score (nSPS) is 14.8. The zero-order valence-electron chi connectivity index (χ0n) is 18.1.